The van der Waals surface area contributed by atoms with Crippen LogP contribution in [0.5, 0.6) is 0 Å². The summed E-state index contributed by atoms with van der Waals surface area (Å²) in [7, 11) is 0. The SMILES string of the molecule is O=C(O)/C=C/C1=C(CCNc2ccccn2)CCCC1. The standard InChI is InChI=1S/C16H20N2O2/c19-16(20)9-8-13-5-1-2-6-14(13)10-12-18-15-7-3-4-11-17-15/h3-4,7-9,11H,1-2,5-6,10,12H2,(H,17,18)(H,19,20)/b9-8+. The van der Waals surface area contributed by atoms with Crippen LogP contribution in [0.4, 0.5) is 5.82 Å². The number of aromatic nitrogens is 1. The third-order valence-electron chi connectivity index (χ3n) is 3.45. The Balaban J connectivity index is 1.92. The molecule has 0 saturated carbocycles. The number of nitrogens with zero attached hydrogens (tertiary/aromatic N) is 1. The molecule has 0 spiro atoms. The van der Waals surface area contributed by atoms with E-state index in [-0.39, 0.29) is 0 Å². The van der Waals surface area contributed by atoms with Gasteiger partial charge in [0, 0.05) is 18.8 Å². The maximum atomic E-state index is 10.6. The van der Waals surface area contributed by atoms with Crippen LogP contribution in [0.1, 0.15) is 32.1 Å². The molecule has 0 fully saturated rings. The Morgan fingerprint density at radius 3 is 2.95 bits per heavy atom. The van der Waals surface area contributed by atoms with Gasteiger partial charge in [0.1, 0.15) is 5.82 Å². The summed E-state index contributed by atoms with van der Waals surface area (Å²) in [6.45, 7) is 0.830. The Hall–Kier alpha value is -2.10. The van der Waals surface area contributed by atoms with Crippen LogP contribution >= 0.6 is 0 Å². The number of allylic oxidation sites excluding steroid dienone is 2. The van der Waals surface area contributed by atoms with Gasteiger partial charge in [0.05, 0.1) is 0 Å². The van der Waals surface area contributed by atoms with Crippen molar-refractivity contribution < 1.29 is 9.90 Å². The summed E-state index contributed by atoms with van der Waals surface area (Å²) in [5.41, 5.74) is 2.57. The van der Waals surface area contributed by atoms with E-state index in [9.17, 15) is 4.79 Å². The molecule has 106 valence electrons. The molecule has 0 saturated heterocycles. The minimum atomic E-state index is -0.881. The van der Waals surface area contributed by atoms with Crippen LogP contribution in [-0.2, 0) is 4.79 Å². The molecule has 0 atom stereocenters. The third-order valence-corrected chi connectivity index (χ3v) is 3.45. The Morgan fingerprint density at radius 1 is 1.35 bits per heavy atom. The highest BCUT2D eigenvalue weighted by Crippen LogP contribution is 2.27. The largest absolute Gasteiger partial charge is 0.478 e. The van der Waals surface area contributed by atoms with Gasteiger partial charge in [-0.05, 0) is 49.8 Å². The zero-order chi connectivity index (χ0) is 14.2. The summed E-state index contributed by atoms with van der Waals surface area (Å²) in [6, 6.07) is 5.79. The predicted molar refractivity (Wildman–Crippen MR) is 79.6 cm³/mol. The van der Waals surface area contributed by atoms with Crippen LogP contribution in [-0.4, -0.2) is 22.6 Å². The average molecular weight is 272 g/mol. The molecule has 4 nitrogen and oxygen atoms in total. The molecular formula is C16H20N2O2. The third kappa shape index (κ3) is 4.53. The van der Waals surface area contributed by atoms with Crippen molar-refractivity contribution in [3.05, 3.63) is 47.7 Å². The molecule has 0 amide bonds. The van der Waals surface area contributed by atoms with Gasteiger partial charge in [0.25, 0.3) is 0 Å². The number of hydrogen-bond donors (Lipinski definition) is 2. The van der Waals surface area contributed by atoms with E-state index in [0.717, 1.165) is 38.0 Å². The van der Waals surface area contributed by atoms with E-state index in [4.69, 9.17) is 5.11 Å². The first-order valence-electron chi connectivity index (χ1n) is 7.02. The van der Waals surface area contributed by atoms with Gasteiger partial charge in [-0.3, -0.25) is 0 Å². The van der Waals surface area contributed by atoms with Crippen molar-refractivity contribution in [1.82, 2.24) is 4.98 Å². The van der Waals surface area contributed by atoms with Crippen molar-refractivity contribution in [2.75, 3.05) is 11.9 Å². The first-order valence-corrected chi connectivity index (χ1v) is 7.02. The predicted octanol–water partition coefficient (Wildman–Crippen LogP) is 3.40. The quantitative estimate of drug-likeness (QED) is 0.779. The molecule has 1 aliphatic carbocycles. The molecule has 2 rings (SSSR count). The van der Waals surface area contributed by atoms with E-state index < -0.39 is 5.97 Å². The number of pyridine rings is 1. The molecule has 1 aromatic heterocycles. The van der Waals surface area contributed by atoms with Gasteiger partial charge >= 0.3 is 5.97 Å². The number of aliphatic carboxylic acids is 1. The van der Waals surface area contributed by atoms with Crippen molar-refractivity contribution in [3.8, 4) is 0 Å². The Bertz CT molecular complexity index is 506. The smallest absolute Gasteiger partial charge is 0.328 e. The molecular weight excluding hydrogens is 252 g/mol. The minimum Gasteiger partial charge on any atom is -0.478 e. The molecule has 0 radical (unpaired) electrons. The fraction of sp³-hybridized carbons (Fsp3) is 0.375. The Labute approximate surface area is 119 Å². The highest BCUT2D eigenvalue weighted by molar-refractivity contribution is 5.80. The van der Waals surface area contributed by atoms with E-state index in [1.807, 2.05) is 18.2 Å². The second-order valence-corrected chi connectivity index (χ2v) is 4.90. The summed E-state index contributed by atoms with van der Waals surface area (Å²) in [6.07, 6.45) is 10.1. The normalized spacial score (nSPS) is 15.6. The zero-order valence-electron chi connectivity index (χ0n) is 11.5. The van der Waals surface area contributed by atoms with E-state index in [1.54, 1.807) is 12.3 Å². The van der Waals surface area contributed by atoms with Gasteiger partial charge in [-0.25, -0.2) is 9.78 Å². The first-order chi connectivity index (χ1) is 9.75. The number of carboxylic acid groups (broad SMARTS) is 1. The number of carbonyl (C=O) groups is 1. The molecule has 1 aliphatic rings. The maximum absolute atomic E-state index is 10.6. The second kappa shape index (κ2) is 7.48. The summed E-state index contributed by atoms with van der Waals surface area (Å²) in [5.74, 6) is 0.000529. The lowest BCUT2D eigenvalue weighted by Crippen LogP contribution is -2.07. The van der Waals surface area contributed by atoms with Crippen molar-refractivity contribution in [2.24, 2.45) is 0 Å². The van der Waals surface area contributed by atoms with Crippen LogP contribution in [0.25, 0.3) is 0 Å². The molecule has 0 bridgehead atoms. The van der Waals surface area contributed by atoms with Gasteiger partial charge < -0.3 is 10.4 Å². The van der Waals surface area contributed by atoms with Crippen molar-refractivity contribution in [3.63, 3.8) is 0 Å². The summed E-state index contributed by atoms with van der Waals surface area (Å²) in [5, 5.41) is 12.0. The summed E-state index contributed by atoms with van der Waals surface area (Å²) in [4.78, 5) is 14.8. The molecule has 1 aromatic rings. The summed E-state index contributed by atoms with van der Waals surface area (Å²) < 4.78 is 0. The van der Waals surface area contributed by atoms with Gasteiger partial charge in [0.2, 0.25) is 0 Å². The Morgan fingerprint density at radius 2 is 2.20 bits per heavy atom. The number of anilines is 1. The van der Waals surface area contributed by atoms with Crippen molar-refractivity contribution >= 4 is 11.8 Å². The van der Waals surface area contributed by atoms with Crippen molar-refractivity contribution in [2.45, 2.75) is 32.1 Å². The van der Waals surface area contributed by atoms with Crippen LogP contribution in [0.2, 0.25) is 0 Å². The van der Waals surface area contributed by atoms with Gasteiger partial charge in [-0.1, -0.05) is 17.7 Å². The van der Waals surface area contributed by atoms with Gasteiger partial charge in [0.15, 0.2) is 0 Å². The highest BCUT2D eigenvalue weighted by atomic mass is 16.4. The topological polar surface area (TPSA) is 62.2 Å². The molecule has 20 heavy (non-hydrogen) atoms. The van der Waals surface area contributed by atoms with E-state index in [1.165, 1.54) is 23.6 Å². The van der Waals surface area contributed by atoms with Crippen LogP contribution in [0.3, 0.4) is 0 Å². The lowest BCUT2D eigenvalue weighted by Gasteiger charge is -2.18. The average Bonchev–Trinajstić information content (AvgIpc) is 2.47. The van der Waals surface area contributed by atoms with E-state index >= 15 is 0 Å². The summed E-state index contributed by atoms with van der Waals surface area (Å²) >= 11 is 0. The Kier molecular flexibility index (Phi) is 5.35. The fourth-order valence-corrected chi connectivity index (χ4v) is 2.46. The van der Waals surface area contributed by atoms with Crippen LogP contribution in [0, 0.1) is 0 Å². The highest BCUT2D eigenvalue weighted by Gasteiger charge is 2.10. The van der Waals surface area contributed by atoms with Crippen molar-refractivity contribution in [1.29, 1.82) is 0 Å². The van der Waals surface area contributed by atoms with Crippen LogP contribution in [0.15, 0.2) is 47.7 Å². The first kappa shape index (κ1) is 14.3. The monoisotopic (exact) mass is 272 g/mol. The number of carboxylic acids is 1. The molecule has 0 aliphatic heterocycles. The zero-order valence-corrected chi connectivity index (χ0v) is 11.5. The van der Waals surface area contributed by atoms with Gasteiger partial charge in [-0.15, -0.1) is 0 Å². The maximum Gasteiger partial charge on any atom is 0.328 e. The number of nitrogens with one attached hydrogen (secondary N) is 1. The minimum absolute atomic E-state index is 0.830. The molecule has 0 aromatic carbocycles. The second-order valence-electron chi connectivity index (χ2n) is 4.90. The van der Waals surface area contributed by atoms with Gasteiger partial charge in [-0.2, -0.15) is 0 Å². The fourth-order valence-electron chi connectivity index (χ4n) is 2.46. The van der Waals surface area contributed by atoms with E-state index in [2.05, 4.69) is 10.3 Å². The number of hydrogen-bond acceptors (Lipinski definition) is 3. The van der Waals surface area contributed by atoms with E-state index in [0.29, 0.717) is 0 Å². The number of rotatable bonds is 6. The molecule has 2 N–H and O–H groups in total. The lowest BCUT2D eigenvalue weighted by atomic mass is 9.89. The molecule has 4 heteroatoms. The molecule has 0 unspecified atom stereocenters. The van der Waals surface area contributed by atoms with Crippen LogP contribution < -0.4 is 5.32 Å². The molecule has 1 heterocycles. The lowest BCUT2D eigenvalue weighted by molar-refractivity contribution is -0.131.